The van der Waals surface area contributed by atoms with Crippen LogP contribution in [-0.4, -0.2) is 63.2 Å². The number of hydrogen-bond donors (Lipinski definition) is 0. The zero-order valence-electron chi connectivity index (χ0n) is 17.3. The number of cyclic esters (lactones) is 1. The minimum absolute atomic E-state index is 0.107. The number of sulfone groups is 1. The number of ether oxygens (including phenoxy) is 1. The van der Waals surface area contributed by atoms with E-state index in [1.165, 1.54) is 6.26 Å². The highest BCUT2D eigenvalue weighted by atomic mass is 32.2. The van der Waals surface area contributed by atoms with Crippen LogP contribution >= 0.6 is 0 Å². The van der Waals surface area contributed by atoms with Crippen LogP contribution in [0.15, 0.2) is 53.4 Å². The lowest BCUT2D eigenvalue weighted by Gasteiger charge is -2.34. The van der Waals surface area contributed by atoms with Crippen molar-refractivity contribution in [2.75, 3.05) is 39.0 Å². The van der Waals surface area contributed by atoms with E-state index in [1.807, 2.05) is 36.4 Å². The highest BCUT2D eigenvalue weighted by Gasteiger charge is 2.30. The van der Waals surface area contributed by atoms with Gasteiger partial charge in [0.05, 0.1) is 10.5 Å². The molecule has 2 aromatic carbocycles. The SMILES string of the molecule is CS(=O)(=O)c1ccc(CN2CCN(CCCC3OC(=O)c4ccccc43)CC2)cc1. The van der Waals surface area contributed by atoms with Gasteiger partial charge < -0.3 is 9.64 Å². The van der Waals surface area contributed by atoms with Crippen molar-refractivity contribution in [3.05, 3.63) is 65.2 Å². The molecule has 2 aromatic rings. The molecule has 0 spiro atoms. The van der Waals surface area contributed by atoms with Gasteiger partial charge in [-0.3, -0.25) is 4.90 Å². The average Bonchev–Trinajstić information content (AvgIpc) is 3.05. The number of benzene rings is 2. The number of carbonyl (C=O) groups is 1. The van der Waals surface area contributed by atoms with Gasteiger partial charge in [0.1, 0.15) is 6.10 Å². The second-order valence-corrected chi connectivity index (χ2v) is 10.2. The first kappa shape index (κ1) is 21.0. The number of carbonyl (C=O) groups excluding carboxylic acids is 1. The lowest BCUT2D eigenvalue weighted by Crippen LogP contribution is -2.46. The largest absolute Gasteiger partial charge is 0.454 e. The molecule has 160 valence electrons. The van der Waals surface area contributed by atoms with Crippen LogP contribution in [0.25, 0.3) is 0 Å². The molecule has 1 saturated heterocycles. The Balaban J connectivity index is 1.20. The van der Waals surface area contributed by atoms with Crippen LogP contribution in [0.2, 0.25) is 0 Å². The van der Waals surface area contributed by atoms with E-state index in [1.54, 1.807) is 12.1 Å². The molecule has 0 aliphatic carbocycles. The van der Waals surface area contributed by atoms with Crippen molar-refractivity contribution < 1.29 is 17.9 Å². The van der Waals surface area contributed by atoms with Crippen LogP contribution in [-0.2, 0) is 21.1 Å². The molecule has 2 heterocycles. The summed E-state index contributed by atoms with van der Waals surface area (Å²) in [5.41, 5.74) is 2.87. The Morgan fingerprint density at radius 3 is 2.33 bits per heavy atom. The molecule has 0 bridgehead atoms. The van der Waals surface area contributed by atoms with E-state index < -0.39 is 9.84 Å². The summed E-state index contributed by atoms with van der Waals surface area (Å²) in [4.78, 5) is 17.2. The first-order valence-electron chi connectivity index (χ1n) is 10.4. The molecule has 6 nitrogen and oxygen atoms in total. The molecule has 1 unspecified atom stereocenters. The van der Waals surface area contributed by atoms with Gasteiger partial charge in [-0.05, 0) is 43.1 Å². The lowest BCUT2D eigenvalue weighted by molar-refractivity contribution is 0.0353. The summed E-state index contributed by atoms with van der Waals surface area (Å²) in [7, 11) is -3.14. The van der Waals surface area contributed by atoms with Gasteiger partial charge in [0.15, 0.2) is 9.84 Å². The third-order valence-corrected chi connectivity index (χ3v) is 7.07. The van der Waals surface area contributed by atoms with Gasteiger partial charge in [-0.2, -0.15) is 0 Å². The summed E-state index contributed by atoms with van der Waals surface area (Å²) >= 11 is 0. The summed E-state index contributed by atoms with van der Waals surface area (Å²) in [5.74, 6) is -0.200. The molecular weight excluding hydrogens is 400 g/mol. The number of hydrogen-bond acceptors (Lipinski definition) is 6. The van der Waals surface area contributed by atoms with Crippen molar-refractivity contribution in [2.45, 2.75) is 30.4 Å². The molecule has 7 heteroatoms. The van der Waals surface area contributed by atoms with Crippen LogP contribution < -0.4 is 0 Å². The number of fused-ring (bicyclic) bond motifs is 1. The van der Waals surface area contributed by atoms with E-state index in [9.17, 15) is 13.2 Å². The van der Waals surface area contributed by atoms with Crippen molar-refractivity contribution in [2.24, 2.45) is 0 Å². The van der Waals surface area contributed by atoms with Crippen molar-refractivity contribution in [1.29, 1.82) is 0 Å². The lowest BCUT2D eigenvalue weighted by atomic mass is 10.0. The normalized spacial score (nSPS) is 20.2. The number of piperazine rings is 1. The van der Waals surface area contributed by atoms with Gasteiger partial charge in [0.2, 0.25) is 0 Å². The van der Waals surface area contributed by atoms with Crippen molar-refractivity contribution in [3.63, 3.8) is 0 Å². The fraction of sp³-hybridized carbons (Fsp3) is 0.435. The molecular formula is C23H28N2O4S. The third-order valence-electron chi connectivity index (χ3n) is 5.94. The van der Waals surface area contributed by atoms with E-state index in [4.69, 9.17) is 4.74 Å². The molecule has 2 aliphatic heterocycles. The number of nitrogens with zero attached hydrogens (tertiary/aromatic N) is 2. The summed E-state index contributed by atoms with van der Waals surface area (Å²) in [6, 6.07) is 14.9. The molecule has 4 rings (SSSR count). The van der Waals surface area contributed by atoms with Crippen LogP contribution in [0.4, 0.5) is 0 Å². The summed E-state index contributed by atoms with van der Waals surface area (Å²) in [5, 5.41) is 0. The maximum Gasteiger partial charge on any atom is 0.339 e. The van der Waals surface area contributed by atoms with Crippen LogP contribution in [0.5, 0.6) is 0 Å². The van der Waals surface area contributed by atoms with E-state index in [-0.39, 0.29) is 12.1 Å². The Morgan fingerprint density at radius 1 is 0.967 bits per heavy atom. The molecule has 1 fully saturated rings. The maximum absolute atomic E-state index is 11.9. The molecule has 30 heavy (non-hydrogen) atoms. The van der Waals surface area contributed by atoms with Crippen LogP contribution in [0.1, 0.15) is 40.4 Å². The quantitative estimate of drug-likeness (QED) is 0.632. The summed E-state index contributed by atoms with van der Waals surface area (Å²) in [6.45, 7) is 5.87. The second kappa shape index (κ2) is 8.88. The Labute approximate surface area is 178 Å². The zero-order valence-corrected chi connectivity index (χ0v) is 18.1. The predicted octanol–water partition coefficient (Wildman–Crippen LogP) is 2.90. The third kappa shape index (κ3) is 4.91. The van der Waals surface area contributed by atoms with E-state index in [2.05, 4.69) is 9.80 Å². The molecule has 0 aromatic heterocycles. The van der Waals surface area contributed by atoms with Crippen molar-refractivity contribution >= 4 is 15.8 Å². The van der Waals surface area contributed by atoms with Gasteiger partial charge in [-0.1, -0.05) is 30.3 Å². The number of rotatable bonds is 7. The average molecular weight is 429 g/mol. The molecule has 1 atom stereocenters. The molecule has 2 aliphatic rings. The monoisotopic (exact) mass is 428 g/mol. The van der Waals surface area contributed by atoms with Gasteiger partial charge in [0, 0.05) is 44.5 Å². The van der Waals surface area contributed by atoms with Crippen molar-refractivity contribution in [3.8, 4) is 0 Å². The van der Waals surface area contributed by atoms with Gasteiger partial charge in [-0.25, -0.2) is 13.2 Å². The van der Waals surface area contributed by atoms with Gasteiger partial charge >= 0.3 is 5.97 Å². The second-order valence-electron chi connectivity index (χ2n) is 8.16. The summed E-state index contributed by atoms with van der Waals surface area (Å²) < 4.78 is 28.7. The van der Waals surface area contributed by atoms with Crippen molar-refractivity contribution in [1.82, 2.24) is 9.80 Å². The number of esters is 1. The van der Waals surface area contributed by atoms with Gasteiger partial charge in [-0.15, -0.1) is 0 Å². The molecule has 0 saturated carbocycles. The highest BCUT2D eigenvalue weighted by Crippen LogP contribution is 2.33. The van der Waals surface area contributed by atoms with E-state index >= 15 is 0 Å². The minimum Gasteiger partial charge on any atom is -0.454 e. The fourth-order valence-corrected chi connectivity index (χ4v) is 4.84. The first-order valence-corrected chi connectivity index (χ1v) is 12.3. The van der Waals surface area contributed by atoms with Crippen LogP contribution in [0, 0.1) is 0 Å². The highest BCUT2D eigenvalue weighted by molar-refractivity contribution is 7.90. The Morgan fingerprint density at radius 2 is 1.63 bits per heavy atom. The standard InChI is InChI=1S/C23H28N2O4S/c1-30(27,28)19-10-8-18(9-11-19)17-25-15-13-24(14-16-25)12-4-7-22-20-5-2-3-6-21(20)23(26)29-22/h2-3,5-6,8-11,22H,4,7,12-17H2,1H3. The molecule has 0 amide bonds. The molecule has 0 radical (unpaired) electrons. The van der Waals surface area contributed by atoms with Gasteiger partial charge in [0.25, 0.3) is 0 Å². The van der Waals surface area contributed by atoms with E-state index in [0.717, 1.165) is 63.2 Å². The van der Waals surface area contributed by atoms with E-state index in [0.29, 0.717) is 10.5 Å². The first-order chi connectivity index (χ1) is 14.4. The Bertz CT molecular complexity index is 996. The summed E-state index contributed by atoms with van der Waals surface area (Å²) in [6.07, 6.45) is 2.98. The predicted molar refractivity (Wildman–Crippen MR) is 115 cm³/mol. The zero-order chi connectivity index (χ0) is 21.1. The minimum atomic E-state index is -3.14. The fourth-order valence-electron chi connectivity index (χ4n) is 4.21. The maximum atomic E-state index is 11.9. The Kier molecular flexibility index (Phi) is 6.22. The molecule has 0 N–H and O–H groups in total. The van der Waals surface area contributed by atoms with Crippen LogP contribution in [0.3, 0.4) is 0 Å². The topological polar surface area (TPSA) is 66.9 Å². The Hall–Kier alpha value is -2.22. The smallest absolute Gasteiger partial charge is 0.339 e.